The zero-order chi connectivity index (χ0) is 10.9. The molecule has 4 heteroatoms. The van der Waals surface area contributed by atoms with E-state index >= 15 is 0 Å². The molecule has 15 heavy (non-hydrogen) atoms. The van der Waals surface area contributed by atoms with Crippen LogP contribution in [0.25, 0.3) is 0 Å². The van der Waals surface area contributed by atoms with Gasteiger partial charge < -0.3 is 9.64 Å². The van der Waals surface area contributed by atoms with E-state index in [4.69, 9.17) is 0 Å². The van der Waals surface area contributed by atoms with E-state index in [-0.39, 0.29) is 11.9 Å². The Balaban J connectivity index is 2.09. The minimum absolute atomic E-state index is 0.287. The maximum atomic E-state index is 11.6. The van der Waals surface area contributed by atoms with Gasteiger partial charge in [-0.3, -0.25) is 9.59 Å². The van der Waals surface area contributed by atoms with Gasteiger partial charge in [-0.25, -0.2) is 0 Å². The predicted octanol–water partition coefficient (Wildman–Crippen LogP) is 0.952. The molecule has 0 bridgehead atoms. The Morgan fingerprint density at radius 2 is 2.13 bits per heavy atom. The fourth-order valence-corrected chi connectivity index (χ4v) is 2.54. The van der Waals surface area contributed by atoms with Crippen LogP contribution in [-0.2, 0) is 14.3 Å². The van der Waals surface area contributed by atoms with E-state index in [1.807, 2.05) is 0 Å². The first-order valence-corrected chi connectivity index (χ1v) is 5.64. The van der Waals surface area contributed by atoms with Crippen LogP contribution in [0.1, 0.15) is 32.6 Å². The molecule has 1 unspecified atom stereocenters. The summed E-state index contributed by atoms with van der Waals surface area (Å²) in [4.78, 5) is 25.1. The molecule has 0 amide bonds. The average molecular weight is 211 g/mol. The minimum Gasteiger partial charge on any atom is -0.393 e. The van der Waals surface area contributed by atoms with E-state index < -0.39 is 5.41 Å². The maximum absolute atomic E-state index is 11.6. The van der Waals surface area contributed by atoms with Crippen LogP contribution in [-0.4, -0.2) is 36.5 Å². The van der Waals surface area contributed by atoms with Gasteiger partial charge in [0.2, 0.25) is 0 Å². The quantitative estimate of drug-likeness (QED) is 0.478. The van der Waals surface area contributed by atoms with Crippen molar-refractivity contribution in [3.05, 3.63) is 0 Å². The maximum Gasteiger partial charge on any atom is 0.320 e. The Morgan fingerprint density at radius 1 is 1.33 bits per heavy atom. The second kappa shape index (κ2) is 3.93. The lowest BCUT2D eigenvalue weighted by atomic mass is 9.79. The van der Waals surface area contributed by atoms with Gasteiger partial charge in [0.05, 0.1) is 11.8 Å². The molecule has 2 fully saturated rings. The number of rotatable bonds is 1. The van der Waals surface area contributed by atoms with Crippen molar-refractivity contribution in [2.45, 2.75) is 32.6 Å². The molecule has 0 aromatic heterocycles. The number of esters is 2. The highest BCUT2D eigenvalue weighted by atomic mass is 16.6. The molecule has 0 N–H and O–H groups in total. The van der Waals surface area contributed by atoms with Crippen molar-refractivity contribution >= 4 is 11.9 Å². The normalized spacial score (nSPS) is 33.1. The van der Waals surface area contributed by atoms with Gasteiger partial charge in [-0.1, -0.05) is 6.92 Å². The minimum atomic E-state index is -0.485. The van der Waals surface area contributed by atoms with Gasteiger partial charge in [0.1, 0.15) is 0 Å². The molecule has 2 rings (SSSR count). The van der Waals surface area contributed by atoms with Gasteiger partial charge >= 0.3 is 11.9 Å². The molecule has 0 aliphatic carbocycles. The van der Waals surface area contributed by atoms with Crippen molar-refractivity contribution in [1.82, 2.24) is 4.90 Å². The van der Waals surface area contributed by atoms with Crippen molar-refractivity contribution in [1.29, 1.82) is 0 Å². The van der Waals surface area contributed by atoms with Gasteiger partial charge in [-0.15, -0.1) is 0 Å². The SMILES string of the molecule is CCN1CCCC2(CC1)CC(=O)OC2=O. The zero-order valence-corrected chi connectivity index (χ0v) is 9.12. The van der Waals surface area contributed by atoms with E-state index in [9.17, 15) is 9.59 Å². The molecular formula is C11H17NO3. The number of likely N-dealkylation sites (tertiary alicyclic amines) is 1. The van der Waals surface area contributed by atoms with Gasteiger partial charge in [0, 0.05) is 0 Å². The third-order valence-electron chi connectivity index (χ3n) is 3.61. The Morgan fingerprint density at radius 3 is 2.73 bits per heavy atom. The second-order valence-corrected chi connectivity index (χ2v) is 4.51. The summed E-state index contributed by atoms with van der Waals surface area (Å²) >= 11 is 0. The Kier molecular flexibility index (Phi) is 2.78. The van der Waals surface area contributed by atoms with E-state index in [1.54, 1.807) is 0 Å². The van der Waals surface area contributed by atoms with Crippen LogP contribution in [0.15, 0.2) is 0 Å². The van der Waals surface area contributed by atoms with Crippen LogP contribution in [0.4, 0.5) is 0 Å². The number of cyclic esters (lactones) is 2. The summed E-state index contributed by atoms with van der Waals surface area (Å²) in [6.07, 6.45) is 2.85. The Labute approximate surface area is 89.6 Å². The number of hydrogen-bond acceptors (Lipinski definition) is 4. The van der Waals surface area contributed by atoms with E-state index in [0.29, 0.717) is 6.42 Å². The summed E-state index contributed by atoms with van der Waals surface area (Å²) in [6.45, 7) is 5.06. The molecule has 2 aliphatic rings. The summed E-state index contributed by atoms with van der Waals surface area (Å²) in [6, 6.07) is 0. The molecule has 2 heterocycles. The molecule has 1 spiro atoms. The molecule has 1 atom stereocenters. The molecule has 4 nitrogen and oxygen atoms in total. The first kappa shape index (κ1) is 10.6. The highest BCUT2D eigenvalue weighted by Crippen LogP contribution is 2.40. The molecule has 0 aromatic carbocycles. The smallest absolute Gasteiger partial charge is 0.320 e. The fourth-order valence-electron chi connectivity index (χ4n) is 2.54. The summed E-state index contributed by atoms with van der Waals surface area (Å²) in [7, 11) is 0. The van der Waals surface area contributed by atoms with Gasteiger partial charge in [0.25, 0.3) is 0 Å². The standard InChI is InChI=1S/C11H17NO3/c1-2-12-6-3-4-11(5-7-12)8-9(13)15-10(11)14/h2-8H2,1H3. The summed E-state index contributed by atoms with van der Waals surface area (Å²) in [5.41, 5.74) is -0.485. The molecular weight excluding hydrogens is 194 g/mol. The number of carbonyl (C=O) groups is 2. The van der Waals surface area contributed by atoms with Crippen molar-refractivity contribution in [3.8, 4) is 0 Å². The van der Waals surface area contributed by atoms with Crippen LogP contribution in [0, 0.1) is 5.41 Å². The highest BCUT2D eigenvalue weighted by molar-refractivity contribution is 5.97. The van der Waals surface area contributed by atoms with Crippen LogP contribution in [0.2, 0.25) is 0 Å². The molecule has 0 aromatic rings. The molecule has 0 saturated carbocycles. The Bertz CT molecular complexity index is 290. The monoisotopic (exact) mass is 211 g/mol. The summed E-state index contributed by atoms with van der Waals surface area (Å²) < 4.78 is 4.68. The van der Waals surface area contributed by atoms with Crippen LogP contribution in [0.3, 0.4) is 0 Å². The lowest BCUT2D eigenvalue weighted by Crippen LogP contribution is -2.29. The lowest BCUT2D eigenvalue weighted by Gasteiger charge is -2.21. The van der Waals surface area contributed by atoms with Crippen LogP contribution >= 0.6 is 0 Å². The lowest BCUT2D eigenvalue weighted by molar-refractivity contribution is -0.155. The first-order valence-electron chi connectivity index (χ1n) is 5.64. The summed E-state index contributed by atoms with van der Waals surface area (Å²) in [5.74, 6) is -0.629. The van der Waals surface area contributed by atoms with Crippen molar-refractivity contribution in [2.75, 3.05) is 19.6 Å². The fraction of sp³-hybridized carbons (Fsp3) is 0.818. The zero-order valence-electron chi connectivity index (χ0n) is 9.12. The predicted molar refractivity (Wildman–Crippen MR) is 54.1 cm³/mol. The molecule has 2 saturated heterocycles. The topological polar surface area (TPSA) is 46.6 Å². The van der Waals surface area contributed by atoms with E-state index in [2.05, 4.69) is 16.6 Å². The number of carbonyl (C=O) groups excluding carboxylic acids is 2. The molecule has 0 radical (unpaired) electrons. The first-order chi connectivity index (χ1) is 7.16. The number of ether oxygens (including phenoxy) is 1. The number of nitrogens with zero attached hydrogens (tertiary/aromatic N) is 1. The number of hydrogen-bond donors (Lipinski definition) is 0. The van der Waals surface area contributed by atoms with Gasteiger partial charge in [0.15, 0.2) is 0 Å². The van der Waals surface area contributed by atoms with Crippen LogP contribution in [0.5, 0.6) is 0 Å². The molecule has 84 valence electrons. The van der Waals surface area contributed by atoms with Crippen molar-refractivity contribution < 1.29 is 14.3 Å². The van der Waals surface area contributed by atoms with Crippen LogP contribution < -0.4 is 0 Å². The third kappa shape index (κ3) is 1.91. The molecule has 2 aliphatic heterocycles. The van der Waals surface area contributed by atoms with Gasteiger partial charge in [-0.2, -0.15) is 0 Å². The highest BCUT2D eigenvalue weighted by Gasteiger charge is 2.49. The largest absolute Gasteiger partial charge is 0.393 e. The van der Waals surface area contributed by atoms with Crippen molar-refractivity contribution in [3.63, 3.8) is 0 Å². The van der Waals surface area contributed by atoms with E-state index in [1.165, 1.54) is 0 Å². The Hall–Kier alpha value is -0.900. The van der Waals surface area contributed by atoms with Gasteiger partial charge in [-0.05, 0) is 38.9 Å². The summed E-state index contributed by atoms with van der Waals surface area (Å²) in [5, 5.41) is 0. The average Bonchev–Trinajstić information content (AvgIpc) is 2.39. The second-order valence-electron chi connectivity index (χ2n) is 4.51. The van der Waals surface area contributed by atoms with Crippen molar-refractivity contribution in [2.24, 2.45) is 5.41 Å². The third-order valence-corrected chi connectivity index (χ3v) is 3.61. The van der Waals surface area contributed by atoms with E-state index in [0.717, 1.165) is 38.9 Å².